The number of rotatable bonds is 6. The molecule has 1 heterocycles. The molecule has 1 N–H and O–H groups in total. The average molecular weight is 429 g/mol. The lowest BCUT2D eigenvalue weighted by atomic mass is 9.84. The highest BCUT2D eigenvalue weighted by Crippen LogP contribution is 2.40. The fraction of sp³-hybridized carbons (Fsp3) is 0.520. The van der Waals surface area contributed by atoms with Gasteiger partial charge in [-0.25, -0.2) is 13.1 Å². The minimum atomic E-state index is -2.94. The maximum atomic E-state index is 11.1. The van der Waals surface area contributed by atoms with Gasteiger partial charge in [-0.05, 0) is 51.7 Å². The van der Waals surface area contributed by atoms with Crippen LogP contribution in [0, 0.1) is 0 Å². The van der Waals surface area contributed by atoms with Crippen molar-refractivity contribution in [2.75, 3.05) is 13.1 Å². The molecule has 4 nitrogen and oxygen atoms in total. The van der Waals surface area contributed by atoms with Gasteiger partial charge in [-0.3, -0.25) is 4.90 Å². The van der Waals surface area contributed by atoms with E-state index < -0.39 is 10.0 Å². The summed E-state index contributed by atoms with van der Waals surface area (Å²) in [5.41, 5.74) is 2.95. The summed E-state index contributed by atoms with van der Waals surface area (Å²) in [5.74, 6) is 1.22. The van der Waals surface area contributed by atoms with Crippen LogP contribution in [0.25, 0.3) is 0 Å². The third-order valence-electron chi connectivity index (χ3n) is 5.90. The number of sulfonamides is 1. The average Bonchev–Trinajstić information content (AvgIpc) is 3.48. The van der Waals surface area contributed by atoms with Gasteiger partial charge in [0.25, 0.3) is 0 Å². The predicted molar refractivity (Wildman–Crippen MR) is 125 cm³/mol. The van der Waals surface area contributed by atoms with E-state index in [1.165, 1.54) is 24.2 Å². The fourth-order valence-electron chi connectivity index (χ4n) is 4.13. The molecule has 4 rings (SSSR count). The Kier molecular flexibility index (Phi) is 7.72. The van der Waals surface area contributed by atoms with Crippen LogP contribution in [0.3, 0.4) is 0 Å². The Morgan fingerprint density at radius 2 is 1.23 bits per heavy atom. The largest absolute Gasteiger partial charge is 0.300 e. The van der Waals surface area contributed by atoms with E-state index in [2.05, 4.69) is 84.1 Å². The molecule has 30 heavy (non-hydrogen) atoms. The van der Waals surface area contributed by atoms with Crippen molar-refractivity contribution in [2.24, 2.45) is 0 Å². The van der Waals surface area contributed by atoms with Gasteiger partial charge < -0.3 is 0 Å². The Morgan fingerprint density at radius 1 is 0.800 bits per heavy atom. The summed E-state index contributed by atoms with van der Waals surface area (Å²) >= 11 is 0. The van der Waals surface area contributed by atoms with Crippen molar-refractivity contribution in [3.05, 3.63) is 71.8 Å². The number of likely N-dealkylation sites (tertiary alicyclic amines) is 1. The Morgan fingerprint density at radius 3 is 1.57 bits per heavy atom. The van der Waals surface area contributed by atoms with Crippen molar-refractivity contribution in [2.45, 2.75) is 69.7 Å². The van der Waals surface area contributed by atoms with Gasteiger partial charge in [0.2, 0.25) is 10.0 Å². The summed E-state index contributed by atoms with van der Waals surface area (Å²) in [6.45, 7) is 10.6. The van der Waals surface area contributed by atoms with Gasteiger partial charge in [0.15, 0.2) is 0 Å². The first-order valence-corrected chi connectivity index (χ1v) is 12.7. The molecule has 164 valence electrons. The molecule has 2 aliphatic rings. The zero-order chi connectivity index (χ0) is 21.7. The van der Waals surface area contributed by atoms with Crippen LogP contribution in [-0.2, 0) is 10.0 Å². The van der Waals surface area contributed by atoms with Gasteiger partial charge in [0.1, 0.15) is 0 Å². The van der Waals surface area contributed by atoms with E-state index in [1.807, 2.05) is 13.8 Å². The Labute approximate surface area is 182 Å². The van der Waals surface area contributed by atoms with Crippen LogP contribution in [0.15, 0.2) is 60.7 Å². The lowest BCUT2D eigenvalue weighted by molar-refractivity contribution is 0.270. The highest BCUT2D eigenvalue weighted by atomic mass is 32.2. The van der Waals surface area contributed by atoms with E-state index in [4.69, 9.17) is 0 Å². The number of hydrogen-bond acceptors (Lipinski definition) is 3. The topological polar surface area (TPSA) is 49.4 Å². The first kappa shape index (κ1) is 23.0. The van der Waals surface area contributed by atoms with Crippen molar-refractivity contribution in [3.63, 3.8) is 0 Å². The van der Waals surface area contributed by atoms with Crippen LogP contribution in [0.4, 0.5) is 0 Å². The molecule has 0 unspecified atom stereocenters. The molecule has 1 aliphatic carbocycles. The number of benzene rings is 2. The maximum Gasteiger partial charge on any atom is 0.214 e. The molecule has 2 aromatic carbocycles. The Hall–Kier alpha value is -1.69. The molecule has 2 aromatic rings. The van der Waals surface area contributed by atoms with E-state index in [0.717, 1.165) is 12.8 Å². The van der Waals surface area contributed by atoms with Gasteiger partial charge in [-0.1, -0.05) is 60.7 Å². The molecule has 0 spiro atoms. The monoisotopic (exact) mass is 428 g/mol. The third kappa shape index (κ3) is 6.16. The zero-order valence-electron chi connectivity index (χ0n) is 18.7. The lowest BCUT2D eigenvalue weighted by Gasteiger charge is -2.20. The van der Waals surface area contributed by atoms with Crippen molar-refractivity contribution < 1.29 is 8.42 Å². The minimum Gasteiger partial charge on any atom is -0.300 e. The van der Waals surface area contributed by atoms with Gasteiger partial charge >= 0.3 is 0 Å². The molecule has 2 fully saturated rings. The number of hydrogen-bond donors (Lipinski definition) is 1. The highest BCUT2D eigenvalue weighted by Gasteiger charge is 2.36. The molecule has 0 amide bonds. The number of nitrogens with one attached hydrogen (secondary N) is 1. The summed E-state index contributed by atoms with van der Waals surface area (Å²) in [6.07, 6.45) is 1.67. The Bertz CT molecular complexity index is 830. The van der Waals surface area contributed by atoms with Gasteiger partial charge in [0.05, 0.1) is 5.25 Å². The Balaban J connectivity index is 0.000000216. The van der Waals surface area contributed by atoms with Gasteiger partial charge in [-0.15, -0.1) is 0 Å². The molecule has 0 radical (unpaired) electrons. The minimum absolute atomic E-state index is 0.0330. The zero-order valence-corrected chi connectivity index (χ0v) is 19.5. The summed E-state index contributed by atoms with van der Waals surface area (Å²) in [6, 6.07) is 22.6. The summed E-state index contributed by atoms with van der Waals surface area (Å²) in [5, 5.41) is -0.0881. The second kappa shape index (κ2) is 10.1. The second-order valence-corrected chi connectivity index (χ2v) is 11.1. The molecule has 2 atom stereocenters. The molecule has 1 aliphatic heterocycles. The standard InChI is InChI=1S/C19H23N.C6H13NO2S/c1-15(2)20-13-18(16-9-5-3-6-10-16)19(14-20)17-11-7-4-8-12-17;1-5(2)7-10(8,9)6-3-4-6/h3-12,15,18-19H,13-14H2,1-2H3;5-7H,3-4H2,1-2H3/t18-,19-;/m0./s1. The summed E-state index contributed by atoms with van der Waals surface area (Å²) in [4.78, 5) is 2.61. The van der Waals surface area contributed by atoms with Crippen LogP contribution in [0.5, 0.6) is 0 Å². The third-order valence-corrected chi connectivity index (χ3v) is 8.05. The van der Waals surface area contributed by atoms with Crippen molar-refractivity contribution in [3.8, 4) is 0 Å². The molecule has 0 aromatic heterocycles. The van der Waals surface area contributed by atoms with Crippen LogP contribution in [-0.4, -0.2) is 43.7 Å². The molecular weight excluding hydrogens is 392 g/mol. The van der Waals surface area contributed by atoms with Crippen LogP contribution < -0.4 is 4.72 Å². The first-order valence-electron chi connectivity index (χ1n) is 11.1. The SMILES string of the molecule is CC(C)N1C[C@@H](c2ccccc2)[C@H](c2ccccc2)C1.CC(C)NS(=O)(=O)C1CC1. The van der Waals surface area contributed by atoms with Gasteiger partial charge in [0, 0.05) is 37.0 Å². The predicted octanol–water partition coefficient (Wildman–Crippen LogP) is 4.75. The van der Waals surface area contributed by atoms with E-state index in [-0.39, 0.29) is 11.3 Å². The lowest BCUT2D eigenvalue weighted by Crippen LogP contribution is -2.32. The summed E-state index contributed by atoms with van der Waals surface area (Å²) < 4.78 is 24.7. The normalized spacial score (nSPS) is 22.2. The van der Waals surface area contributed by atoms with E-state index in [9.17, 15) is 8.42 Å². The molecular formula is C25H36N2O2S. The summed E-state index contributed by atoms with van der Waals surface area (Å²) in [7, 11) is -2.94. The van der Waals surface area contributed by atoms with Crippen molar-refractivity contribution >= 4 is 10.0 Å². The van der Waals surface area contributed by atoms with E-state index in [1.54, 1.807) is 0 Å². The van der Waals surface area contributed by atoms with Crippen LogP contribution in [0.2, 0.25) is 0 Å². The molecule has 1 saturated heterocycles. The fourth-order valence-corrected chi connectivity index (χ4v) is 5.74. The van der Waals surface area contributed by atoms with Crippen LogP contribution in [0.1, 0.15) is 63.5 Å². The van der Waals surface area contributed by atoms with Crippen molar-refractivity contribution in [1.29, 1.82) is 0 Å². The first-order chi connectivity index (χ1) is 14.3. The molecule has 0 bridgehead atoms. The quantitative estimate of drug-likeness (QED) is 0.722. The van der Waals surface area contributed by atoms with E-state index in [0.29, 0.717) is 17.9 Å². The van der Waals surface area contributed by atoms with Crippen LogP contribution >= 0.6 is 0 Å². The molecule has 1 saturated carbocycles. The molecule has 5 heteroatoms. The van der Waals surface area contributed by atoms with Crippen molar-refractivity contribution in [1.82, 2.24) is 9.62 Å². The smallest absolute Gasteiger partial charge is 0.214 e. The second-order valence-electron chi connectivity index (χ2n) is 9.10. The van der Waals surface area contributed by atoms with Gasteiger partial charge in [-0.2, -0.15) is 0 Å². The number of nitrogens with zero attached hydrogens (tertiary/aromatic N) is 1. The maximum absolute atomic E-state index is 11.1. The van der Waals surface area contributed by atoms with E-state index >= 15 is 0 Å². The highest BCUT2D eigenvalue weighted by molar-refractivity contribution is 7.90.